The van der Waals surface area contributed by atoms with Gasteiger partial charge in [0.05, 0.1) is 12.3 Å². The highest BCUT2D eigenvalue weighted by Crippen LogP contribution is 2.05. The molecule has 5 heteroatoms. The van der Waals surface area contributed by atoms with Crippen molar-refractivity contribution in [3.63, 3.8) is 0 Å². The van der Waals surface area contributed by atoms with Crippen molar-refractivity contribution in [3.8, 4) is 5.88 Å². The van der Waals surface area contributed by atoms with E-state index in [0.717, 1.165) is 25.4 Å². The van der Waals surface area contributed by atoms with Gasteiger partial charge in [0.2, 0.25) is 5.88 Å². The number of nitrogens with one attached hydrogen (secondary N) is 1. The van der Waals surface area contributed by atoms with Crippen molar-refractivity contribution in [2.75, 3.05) is 26.4 Å². The molecule has 0 aromatic carbocycles. The molecule has 0 aliphatic heterocycles. The van der Waals surface area contributed by atoms with E-state index in [1.807, 2.05) is 12.1 Å². The van der Waals surface area contributed by atoms with Crippen LogP contribution in [0.5, 0.6) is 5.88 Å². The van der Waals surface area contributed by atoms with Gasteiger partial charge in [0.1, 0.15) is 6.61 Å². The maximum Gasteiger partial charge on any atom is 0.233 e. The zero-order chi connectivity index (χ0) is 14.8. The minimum Gasteiger partial charge on any atom is -0.474 e. The molecule has 0 radical (unpaired) electrons. The Bertz CT molecular complexity index is 353. The first-order valence-corrected chi connectivity index (χ1v) is 7.31. The van der Waals surface area contributed by atoms with Gasteiger partial charge in [0, 0.05) is 19.2 Å². The number of nitrogens with zero attached hydrogens (tertiary/aromatic N) is 2. The maximum absolute atomic E-state index is 5.47. The summed E-state index contributed by atoms with van der Waals surface area (Å²) in [5.74, 6) is 1.73. The minimum atomic E-state index is 0.506. The first-order chi connectivity index (χ1) is 9.58. The number of ether oxygens (including phenoxy) is 2. The average molecular weight is 281 g/mol. The second-order valence-electron chi connectivity index (χ2n) is 5.70. The van der Waals surface area contributed by atoms with Crippen molar-refractivity contribution in [1.82, 2.24) is 15.5 Å². The molecule has 20 heavy (non-hydrogen) atoms. The third-order valence-corrected chi connectivity index (χ3v) is 2.48. The van der Waals surface area contributed by atoms with Crippen molar-refractivity contribution in [3.05, 3.63) is 17.8 Å². The fraction of sp³-hybridized carbons (Fsp3) is 0.733. The summed E-state index contributed by atoms with van der Waals surface area (Å²) in [5.41, 5.74) is 0.925. The largest absolute Gasteiger partial charge is 0.474 e. The van der Waals surface area contributed by atoms with Crippen LogP contribution in [-0.2, 0) is 11.3 Å². The molecular formula is C15H27N3O2. The van der Waals surface area contributed by atoms with Crippen LogP contribution < -0.4 is 10.1 Å². The molecule has 0 bridgehead atoms. The lowest BCUT2D eigenvalue weighted by atomic mass is 10.2. The zero-order valence-electron chi connectivity index (χ0n) is 13.1. The molecule has 0 fully saturated rings. The normalized spacial score (nSPS) is 11.3. The average Bonchev–Trinajstić information content (AvgIpc) is 2.39. The topological polar surface area (TPSA) is 56.3 Å². The lowest BCUT2D eigenvalue weighted by Gasteiger charge is -2.08. The van der Waals surface area contributed by atoms with E-state index in [9.17, 15) is 0 Å². The molecule has 5 nitrogen and oxygen atoms in total. The molecule has 1 heterocycles. The number of hydrogen-bond donors (Lipinski definition) is 1. The molecule has 0 spiro atoms. The lowest BCUT2D eigenvalue weighted by Crippen LogP contribution is -2.19. The number of rotatable bonds is 10. The number of aromatic nitrogens is 2. The lowest BCUT2D eigenvalue weighted by molar-refractivity contribution is 0.0803. The van der Waals surface area contributed by atoms with Crippen molar-refractivity contribution < 1.29 is 9.47 Å². The summed E-state index contributed by atoms with van der Waals surface area (Å²) in [4.78, 5) is 0. The third kappa shape index (κ3) is 8.07. The van der Waals surface area contributed by atoms with Gasteiger partial charge in [-0.15, -0.1) is 5.10 Å². The fourth-order valence-corrected chi connectivity index (χ4v) is 1.53. The summed E-state index contributed by atoms with van der Waals surface area (Å²) >= 11 is 0. The van der Waals surface area contributed by atoms with E-state index in [-0.39, 0.29) is 0 Å². The van der Waals surface area contributed by atoms with Crippen LogP contribution in [0.4, 0.5) is 0 Å². The zero-order valence-corrected chi connectivity index (χ0v) is 13.1. The van der Waals surface area contributed by atoms with Crippen LogP contribution in [0.15, 0.2) is 12.1 Å². The number of hydrogen-bond acceptors (Lipinski definition) is 5. The Hall–Kier alpha value is -1.20. The second kappa shape index (κ2) is 9.66. The Morgan fingerprint density at radius 2 is 1.85 bits per heavy atom. The Kier molecular flexibility index (Phi) is 8.14. The maximum atomic E-state index is 5.47. The molecule has 1 aromatic rings. The van der Waals surface area contributed by atoms with Crippen LogP contribution in [-0.4, -0.2) is 36.6 Å². The molecule has 0 atom stereocenters. The van der Waals surface area contributed by atoms with Gasteiger partial charge >= 0.3 is 0 Å². The molecule has 1 aromatic heterocycles. The van der Waals surface area contributed by atoms with Crippen molar-refractivity contribution in [2.24, 2.45) is 11.8 Å². The highest BCUT2D eigenvalue weighted by Gasteiger charge is 2.00. The van der Waals surface area contributed by atoms with Crippen LogP contribution in [0.25, 0.3) is 0 Å². The highest BCUT2D eigenvalue weighted by molar-refractivity contribution is 5.11. The van der Waals surface area contributed by atoms with E-state index >= 15 is 0 Å². The van der Waals surface area contributed by atoms with E-state index in [4.69, 9.17) is 9.47 Å². The van der Waals surface area contributed by atoms with Crippen LogP contribution in [0, 0.1) is 11.8 Å². The Morgan fingerprint density at radius 3 is 2.45 bits per heavy atom. The first kappa shape index (κ1) is 16.9. The van der Waals surface area contributed by atoms with Crippen molar-refractivity contribution >= 4 is 0 Å². The first-order valence-electron chi connectivity index (χ1n) is 7.31. The SMILES string of the molecule is CC(C)CNCc1ccc(OCCOCC(C)C)nn1. The second-order valence-corrected chi connectivity index (χ2v) is 5.70. The smallest absolute Gasteiger partial charge is 0.233 e. The highest BCUT2D eigenvalue weighted by atomic mass is 16.5. The predicted molar refractivity (Wildman–Crippen MR) is 79.7 cm³/mol. The molecule has 0 unspecified atom stereocenters. The van der Waals surface area contributed by atoms with Crippen LogP contribution in [0.3, 0.4) is 0 Å². The van der Waals surface area contributed by atoms with E-state index < -0.39 is 0 Å². The molecule has 0 amide bonds. The molecule has 0 aliphatic rings. The molecule has 114 valence electrons. The summed E-state index contributed by atoms with van der Waals surface area (Å²) in [6.07, 6.45) is 0. The molecule has 0 saturated carbocycles. The Labute approximate surface area is 122 Å². The van der Waals surface area contributed by atoms with Gasteiger partial charge in [0.15, 0.2) is 0 Å². The Balaban J connectivity index is 2.18. The van der Waals surface area contributed by atoms with Gasteiger partial charge in [-0.3, -0.25) is 0 Å². The third-order valence-electron chi connectivity index (χ3n) is 2.48. The summed E-state index contributed by atoms with van der Waals surface area (Å²) in [6.45, 7) is 12.2. The van der Waals surface area contributed by atoms with Gasteiger partial charge in [0.25, 0.3) is 0 Å². The van der Waals surface area contributed by atoms with E-state index in [0.29, 0.717) is 30.9 Å². The summed E-state index contributed by atoms with van der Waals surface area (Å²) in [5, 5.41) is 11.5. The summed E-state index contributed by atoms with van der Waals surface area (Å²) < 4.78 is 10.9. The van der Waals surface area contributed by atoms with Gasteiger partial charge in [-0.1, -0.05) is 27.7 Å². The van der Waals surface area contributed by atoms with E-state index in [2.05, 4.69) is 43.2 Å². The summed E-state index contributed by atoms with van der Waals surface area (Å²) in [6, 6.07) is 3.78. The summed E-state index contributed by atoms with van der Waals surface area (Å²) in [7, 11) is 0. The van der Waals surface area contributed by atoms with Crippen molar-refractivity contribution in [2.45, 2.75) is 34.2 Å². The quantitative estimate of drug-likeness (QED) is 0.667. The van der Waals surface area contributed by atoms with Gasteiger partial charge in [-0.25, -0.2) is 0 Å². The molecule has 0 saturated heterocycles. The fourth-order valence-electron chi connectivity index (χ4n) is 1.53. The van der Waals surface area contributed by atoms with E-state index in [1.165, 1.54) is 0 Å². The van der Waals surface area contributed by atoms with Crippen LogP contribution in [0.2, 0.25) is 0 Å². The molecule has 1 N–H and O–H groups in total. The predicted octanol–water partition coefficient (Wildman–Crippen LogP) is 2.27. The Morgan fingerprint density at radius 1 is 1.05 bits per heavy atom. The van der Waals surface area contributed by atoms with Gasteiger partial charge in [-0.05, 0) is 24.4 Å². The molecular weight excluding hydrogens is 254 g/mol. The minimum absolute atomic E-state index is 0.506. The van der Waals surface area contributed by atoms with Crippen LogP contribution in [0.1, 0.15) is 33.4 Å². The molecule has 1 rings (SSSR count). The van der Waals surface area contributed by atoms with Gasteiger partial charge < -0.3 is 14.8 Å². The van der Waals surface area contributed by atoms with E-state index in [1.54, 1.807) is 0 Å². The van der Waals surface area contributed by atoms with Crippen LogP contribution >= 0.6 is 0 Å². The monoisotopic (exact) mass is 281 g/mol. The van der Waals surface area contributed by atoms with Gasteiger partial charge in [-0.2, -0.15) is 5.10 Å². The van der Waals surface area contributed by atoms with Crippen molar-refractivity contribution in [1.29, 1.82) is 0 Å². The molecule has 0 aliphatic carbocycles. The standard InChI is InChI=1S/C15H27N3O2/c1-12(2)9-16-10-14-5-6-15(18-17-14)20-8-7-19-11-13(3)4/h5-6,12-13,16H,7-11H2,1-4H3.